The molecule has 0 saturated heterocycles. The monoisotopic (exact) mass is 368 g/mol. The highest BCUT2D eigenvalue weighted by Crippen LogP contribution is 2.50. The molecule has 6 heteroatoms. The van der Waals surface area contributed by atoms with Gasteiger partial charge < -0.3 is 14.3 Å². The molecular formula is C20H16O5S. The molecule has 0 bridgehead atoms. The summed E-state index contributed by atoms with van der Waals surface area (Å²) in [5.41, 5.74) is -0.348. The van der Waals surface area contributed by atoms with Crippen LogP contribution in [0.15, 0.2) is 57.8 Å². The van der Waals surface area contributed by atoms with Crippen LogP contribution in [0.4, 0.5) is 0 Å². The van der Waals surface area contributed by atoms with E-state index in [-0.39, 0.29) is 0 Å². The van der Waals surface area contributed by atoms with E-state index in [0.29, 0.717) is 22.7 Å². The molecule has 1 N–H and O–H groups in total. The second kappa shape index (κ2) is 5.85. The first kappa shape index (κ1) is 16.6. The average Bonchev–Trinajstić information content (AvgIpc) is 3.27. The van der Waals surface area contributed by atoms with Gasteiger partial charge in [0.05, 0.1) is 0 Å². The van der Waals surface area contributed by atoms with Gasteiger partial charge in [-0.3, -0.25) is 9.59 Å². The van der Waals surface area contributed by atoms with Gasteiger partial charge in [-0.2, -0.15) is 0 Å². The van der Waals surface area contributed by atoms with Crippen LogP contribution in [0.2, 0.25) is 0 Å². The summed E-state index contributed by atoms with van der Waals surface area (Å²) in [6.45, 7) is 3.21. The van der Waals surface area contributed by atoms with Crippen LogP contribution in [-0.2, 0) is 14.3 Å². The van der Waals surface area contributed by atoms with Gasteiger partial charge in [-0.05, 0) is 43.0 Å². The Labute approximate surface area is 153 Å². The maximum absolute atomic E-state index is 12.7. The summed E-state index contributed by atoms with van der Waals surface area (Å²) in [6.07, 6.45) is 0. The number of fused-ring (bicyclic) bond motifs is 1. The maximum atomic E-state index is 12.7. The topological polar surface area (TPSA) is 76.7 Å². The molecule has 0 fully saturated rings. The molecule has 4 rings (SSSR count). The molecule has 0 spiro atoms. The molecular weight excluding hydrogens is 352 g/mol. The third-order valence-electron chi connectivity index (χ3n) is 4.91. The predicted molar refractivity (Wildman–Crippen MR) is 97.7 cm³/mol. The summed E-state index contributed by atoms with van der Waals surface area (Å²) in [6, 6.07) is 13.0. The largest absolute Gasteiger partial charge is 0.480 e. The first-order valence-corrected chi connectivity index (χ1v) is 8.99. The Kier molecular flexibility index (Phi) is 3.73. The van der Waals surface area contributed by atoms with Crippen LogP contribution in [-0.4, -0.2) is 17.0 Å². The minimum atomic E-state index is -1.69. The number of hydrogen-bond donors (Lipinski definition) is 1. The first-order chi connectivity index (χ1) is 12.4. The molecule has 0 amide bonds. The number of furan rings is 1. The van der Waals surface area contributed by atoms with Gasteiger partial charge in [0.2, 0.25) is 0 Å². The molecule has 1 aliphatic heterocycles. The molecule has 0 aliphatic carbocycles. The fourth-order valence-electron chi connectivity index (χ4n) is 3.46. The standard InChI is InChI=1S/C20H16O5S/c1-11-16(15-8-5-9-26-15)20(2,18(21)22)19(23)25-17(11)14-10-12-6-3-4-7-13(12)24-14/h3-10,16H,1-2H3,(H,21,22). The van der Waals surface area contributed by atoms with Gasteiger partial charge >= 0.3 is 11.9 Å². The van der Waals surface area contributed by atoms with Crippen molar-refractivity contribution in [2.75, 3.05) is 0 Å². The lowest BCUT2D eigenvalue weighted by Crippen LogP contribution is -2.46. The number of carboxylic acids is 1. The maximum Gasteiger partial charge on any atom is 0.329 e. The number of aliphatic carboxylic acids is 1. The zero-order chi connectivity index (χ0) is 18.5. The molecule has 0 saturated carbocycles. The quantitative estimate of drug-likeness (QED) is 0.537. The Balaban J connectivity index is 1.93. The molecule has 2 atom stereocenters. The summed E-state index contributed by atoms with van der Waals surface area (Å²) < 4.78 is 11.3. The van der Waals surface area contributed by atoms with Crippen molar-refractivity contribution < 1.29 is 23.8 Å². The van der Waals surface area contributed by atoms with Gasteiger partial charge in [-0.25, -0.2) is 0 Å². The number of hydrogen-bond acceptors (Lipinski definition) is 5. The number of allylic oxidation sites excluding steroid dienone is 1. The molecule has 132 valence electrons. The van der Waals surface area contributed by atoms with Gasteiger partial charge in [0, 0.05) is 16.2 Å². The Bertz CT molecular complexity index is 1010. The van der Waals surface area contributed by atoms with Crippen molar-refractivity contribution in [1.29, 1.82) is 0 Å². The smallest absolute Gasteiger partial charge is 0.329 e. The highest BCUT2D eigenvalue weighted by atomic mass is 32.1. The van der Waals surface area contributed by atoms with Gasteiger partial charge in [-0.15, -0.1) is 11.3 Å². The highest BCUT2D eigenvalue weighted by molar-refractivity contribution is 7.10. The number of ether oxygens (including phenoxy) is 1. The first-order valence-electron chi connectivity index (χ1n) is 8.11. The molecule has 2 unspecified atom stereocenters. The molecule has 3 aromatic rings. The number of carbonyl (C=O) groups excluding carboxylic acids is 1. The number of carboxylic acid groups (broad SMARTS) is 1. The predicted octanol–water partition coefficient (Wildman–Crippen LogP) is 4.66. The van der Waals surface area contributed by atoms with Crippen LogP contribution >= 0.6 is 11.3 Å². The second-order valence-electron chi connectivity index (χ2n) is 6.51. The Hall–Kier alpha value is -2.86. The molecule has 26 heavy (non-hydrogen) atoms. The van der Waals surface area contributed by atoms with Crippen molar-refractivity contribution in [3.8, 4) is 0 Å². The van der Waals surface area contributed by atoms with Crippen LogP contribution in [0.3, 0.4) is 0 Å². The van der Waals surface area contributed by atoms with Crippen molar-refractivity contribution in [3.63, 3.8) is 0 Å². The summed E-state index contributed by atoms with van der Waals surface area (Å²) in [5.74, 6) is -1.90. The number of benzene rings is 1. The van der Waals surface area contributed by atoms with Crippen molar-refractivity contribution in [2.45, 2.75) is 19.8 Å². The van der Waals surface area contributed by atoms with E-state index in [4.69, 9.17) is 9.15 Å². The number of esters is 1. The van der Waals surface area contributed by atoms with E-state index in [2.05, 4.69) is 0 Å². The van der Waals surface area contributed by atoms with Crippen molar-refractivity contribution in [1.82, 2.24) is 0 Å². The van der Waals surface area contributed by atoms with E-state index in [1.165, 1.54) is 18.3 Å². The molecule has 5 nitrogen and oxygen atoms in total. The Morgan fingerprint density at radius 2 is 2.00 bits per heavy atom. The van der Waals surface area contributed by atoms with Gasteiger partial charge in [0.1, 0.15) is 5.58 Å². The lowest BCUT2D eigenvalue weighted by atomic mass is 9.70. The third kappa shape index (κ3) is 2.29. The van der Waals surface area contributed by atoms with Crippen LogP contribution in [0.1, 0.15) is 30.4 Å². The zero-order valence-electron chi connectivity index (χ0n) is 14.2. The number of rotatable bonds is 3. The lowest BCUT2D eigenvalue weighted by Gasteiger charge is -2.36. The third-order valence-corrected chi connectivity index (χ3v) is 5.85. The van der Waals surface area contributed by atoms with Crippen LogP contribution in [0.5, 0.6) is 0 Å². The zero-order valence-corrected chi connectivity index (χ0v) is 15.0. The van der Waals surface area contributed by atoms with Crippen LogP contribution in [0, 0.1) is 5.41 Å². The SMILES string of the molecule is CC1=C(c2cc3ccccc3o2)OC(=O)C(C)(C(=O)O)C1c1cccs1. The van der Waals surface area contributed by atoms with E-state index >= 15 is 0 Å². The van der Waals surface area contributed by atoms with Crippen molar-refractivity contribution in [3.05, 3.63) is 64.1 Å². The van der Waals surface area contributed by atoms with Crippen molar-refractivity contribution >= 4 is 40.0 Å². The van der Waals surface area contributed by atoms with Crippen LogP contribution < -0.4 is 0 Å². The summed E-state index contributed by atoms with van der Waals surface area (Å²) in [7, 11) is 0. The van der Waals surface area contributed by atoms with Crippen LogP contribution in [0.25, 0.3) is 16.7 Å². The number of thiophene rings is 1. The molecule has 1 aliphatic rings. The Morgan fingerprint density at radius 3 is 2.65 bits per heavy atom. The summed E-state index contributed by atoms with van der Waals surface area (Å²) in [4.78, 5) is 25.5. The van der Waals surface area contributed by atoms with E-state index in [9.17, 15) is 14.7 Å². The summed E-state index contributed by atoms with van der Waals surface area (Å²) >= 11 is 1.42. The van der Waals surface area contributed by atoms with E-state index in [1.54, 1.807) is 13.0 Å². The minimum absolute atomic E-state index is 0.295. The fourth-order valence-corrected chi connectivity index (χ4v) is 4.48. The van der Waals surface area contributed by atoms with Gasteiger partial charge in [0.25, 0.3) is 0 Å². The summed E-state index contributed by atoms with van der Waals surface area (Å²) in [5, 5.41) is 12.5. The Morgan fingerprint density at radius 1 is 1.23 bits per heavy atom. The number of carbonyl (C=O) groups is 2. The lowest BCUT2D eigenvalue weighted by molar-refractivity contribution is -0.165. The highest BCUT2D eigenvalue weighted by Gasteiger charge is 2.55. The number of cyclic esters (lactones) is 1. The van der Waals surface area contributed by atoms with E-state index in [1.807, 2.05) is 41.8 Å². The molecule has 3 heterocycles. The van der Waals surface area contributed by atoms with Gasteiger partial charge in [0.15, 0.2) is 16.9 Å². The second-order valence-corrected chi connectivity index (χ2v) is 7.49. The molecule has 2 aromatic heterocycles. The number of para-hydroxylation sites is 1. The molecule has 0 radical (unpaired) electrons. The fraction of sp³-hybridized carbons (Fsp3) is 0.200. The van der Waals surface area contributed by atoms with Gasteiger partial charge in [-0.1, -0.05) is 24.3 Å². The average molecular weight is 368 g/mol. The van der Waals surface area contributed by atoms with E-state index in [0.717, 1.165) is 10.3 Å². The molecule has 1 aromatic carbocycles. The minimum Gasteiger partial charge on any atom is -0.480 e. The van der Waals surface area contributed by atoms with E-state index < -0.39 is 23.3 Å². The normalized spacial score (nSPS) is 23.3. The van der Waals surface area contributed by atoms with Crippen molar-refractivity contribution in [2.24, 2.45) is 5.41 Å².